The molecule has 1 heterocycles. The van der Waals surface area contributed by atoms with Gasteiger partial charge in [0.15, 0.2) is 0 Å². The summed E-state index contributed by atoms with van der Waals surface area (Å²) in [7, 11) is 0. The molecule has 0 unspecified atom stereocenters. The molecule has 5 heteroatoms. The van der Waals surface area contributed by atoms with E-state index >= 15 is 0 Å². The van der Waals surface area contributed by atoms with Gasteiger partial charge in [0.05, 0.1) is 0 Å². The molecule has 1 aromatic carbocycles. The summed E-state index contributed by atoms with van der Waals surface area (Å²) in [5, 5.41) is 2.79. The van der Waals surface area contributed by atoms with Crippen LogP contribution in [0.4, 0.5) is 14.9 Å². The van der Waals surface area contributed by atoms with Gasteiger partial charge in [0.1, 0.15) is 5.82 Å². The molecule has 20 heavy (non-hydrogen) atoms. The summed E-state index contributed by atoms with van der Waals surface area (Å²) in [5.74, 6) is -0.337. The van der Waals surface area contributed by atoms with Crippen molar-refractivity contribution in [1.29, 1.82) is 0 Å². The van der Waals surface area contributed by atoms with Crippen molar-refractivity contribution in [2.24, 2.45) is 0 Å². The fourth-order valence-corrected chi connectivity index (χ4v) is 2.36. The lowest BCUT2D eigenvalue weighted by atomic mass is 10.2. The van der Waals surface area contributed by atoms with E-state index in [0.29, 0.717) is 24.8 Å². The molecule has 0 aromatic heterocycles. The van der Waals surface area contributed by atoms with Crippen LogP contribution in [0.2, 0.25) is 0 Å². The van der Waals surface area contributed by atoms with Crippen molar-refractivity contribution in [3.8, 4) is 0 Å². The van der Waals surface area contributed by atoms with Crippen LogP contribution < -0.4 is 5.32 Å². The standard InChI is InChI=1S/C15H22FN3O/c1-11(2)18-6-8-19(9-7-18)15(20)17-14-10-13(16)5-4-12(14)3/h4-5,10-11H,6-9H2,1-3H3,(H,17,20). The summed E-state index contributed by atoms with van der Waals surface area (Å²) in [4.78, 5) is 16.3. The van der Waals surface area contributed by atoms with Gasteiger partial charge in [-0.25, -0.2) is 9.18 Å². The van der Waals surface area contributed by atoms with Crippen molar-refractivity contribution in [3.05, 3.63) is 29.6 Å². The lowest BCUT2D eigenvalue weighted by molar-refractivity contribution is 0.125. The summed E-state index contributed by atoms with van der Waals surface area (Å²) in [5.41, 5.74) is 1.40. The van der Waals surface area contributed by atoms with E-state index in [1.807, 2.05) is 6.92 Å². The maximum absolute atomic E-state index is 13.2. The van der Waals surface area contributed by atoms with Crippen LogP contribution in [0.5, 0.6) is 0 Å². The van der Waals surface area contributed by atoms with E-state index < -0.39 is 0 Å². The molecule has 0 atom stereocenters. The second-order valence-corrected chi connectivity index (χ2v) is 5.51. The molecule has 0 spiro atoms. The molecule has 0 saturated carbocycles. The Hall–Kier alpha value is -1.62. The molecular weight excluding hydrogens is 257 g/mol. The number of hydrogen-bond donors (Lipinski definition) is 1. The van der Waals surface area contributed by atoms with Gasteiger partial charge in [-0.15, -0.1) is 0 Å². The fraction of sp³-hybridized carbons (Fsp3) is 0.533. The maximum Gasteiger partial charge on any atom is 0.321 e. The third-order valence-electron chi connectivity index (χ3n) is 3.77. The maximum atomic E-state index is 13.2. The van der Waals surface area contributed by atoms with Crippen LogP contribution in [0.15, 0.2) is 18.2 Å². The predicted octanol–water partition coefficient (Wildman–Crippen LogP) is 2.69. The third kappa shape index (κ3) is 3.48. The largest absolute Gasteiger partial charge is 0.322 e. The van der Waals surface area contributed by atoms with Gasteiger partial charge in [-0.05, 0) is 38.5 Å². The Morgan fingerprint density at radius 1 is 1.25 bits per heavy atom. The number of piperazine rings is 1. The van der Waals surface area contributed by atoms with Gasteiger partial charge in [0.25, 0.3) is 0 Å². The van der Waals surface area contributed by atoms with Crippen LogP contribution in [0.1, 0.15) is 19.4 Å². The highest BCUT2D eigenvalue weighted by Gasteiger charge is 2.22. The molecule has 1 saturated heterocycles. The van der Waals surface area contributed by atoms with Gasteiger partial charge in [0.2, 0.25) is 0 Å². The van der Waals surface area contributed by atoms with E-state index in [-0.39, 0.29) is 11.8 Å². The van der Waals surface area contributed by atoms with Crippen LogP contribution in [0.25, 0.3) is 0 Å². The molecule has 1 aromatic rings. The van der Waals surface area contributed by atoms with Crippen molar-refractivity contribution in [2.45, 2.75) is 26.8 Å². The monoisotopic (exact) mass is 279 g/mol. The fourth-order valence-electron chi connectivity index (χ4n) is 2.36. The highest BCUT2D eigenvalue weighted by molar-refractivity contribution is 5.90. The number of amides is 2. The molecular formula is C15H22FN3O. The average Bonchev–Trinajstić information content (AvgIpc) is 2.43. The van der Waals surface area contributed by atoms with Crippen LogP contribution in [0, 0.1) is 12.7 Å². The minimum Gasteiger partial charge on any atom is -0.322 e. The zero-order chi connectivity index (χ0) is 14.7. The molecule has 0 bridgehead atoms. The Bertz CT molecular complexity index is 482. The summed E-state index contributed by atoms with van der Waals surface area (Å²) < 4.78 is 13.2. The Kier molecular flexibility index (Phi) is 4.60. The topological polar surface area (TPSA) is 35.6 Å². The Morgan fingerprint density at radius 2 is 1.90 bits per heavy atom. The van der Waals surface area contributed by atoms with Crippen LogP contribution >= 0.6 is 0 Å². The molecule has 110 valence electrons. The van der Waals surface area contributed by atoms with Gasteiger partial charge in [-0.2, -0.15) is 0 Å². The van der Waals surface area contributed by atoms with Crippen molar-refractivity contribution >= 4 is 11.7 Å². The third-order valence-corrected chi connectivity index (χ3v) is 3.77. The molecule has 0 radical (unpaired) electrons. The first-order valence-electron chi connectivity index (χ1n) is 7.03. The summed E-state index contributed by atoms with van der Waals surface area (Å²) in [6.07, 6.45) is 0. The van der Waals surface area contributed by atoms with Crippen molar-refractivity contribution in [2.75, 3.05) is 31.5 Å². The SMILES string of the molecule is Cc1ccc(F)cc1NC(=O)N1CCN(C(C)C)CC1. The first kappa shape index (κ1) is 14.8. The second kappa shape index (κ2) is 6.22. The second-order valence-electron chi connectivity index (χ2n) is 5.51. The summed E-state index contributed by atoms with van der Waals surface area (Å²) in [6, 6.07) is 4.78. The van der Waals surface area contributed by atoms with Gasteiger partial charge in [-0.1, -0.05) is 6.07 Å². The lowest BCUT2D eigenvalue weighted by Crippen LogP contribution is -2.51. The Labute approximate surface area is 119 Å². The number of aryl methyl sites for hydroxylation is 1. The number of nitrogens with zero attached hydrogens (tertiary/aromatic N) is 2. The van der Waals surface area contributed by atoms with E-state index in [0.717, 1.165) is 18.7 Å². The van der Waals surface area contributed by atoms with E-state index in [1.165, 1.54) is 12.1 Å². The first-order valence-corrected chi connectivity index (χ1v) is 7.03. The van der Waals surface area contributed by atoms with Gasteiger partial charge < -0.3 is 10.2 Å². The lowest BCUT2D eigenvalue weighted by Gasteiger charge is -2.36. The van der Waals surface area contributed by atoms with Crippen molar-refractivity contribution in [1.82, 2.24) is 9.80 Å². The number of benzene rings is 1. The van der Waals surface area contributed by atoms with E-state index in [4.69, 9.17) is 0 Å². The molecule has 1 N–H and O–H groups in total. The number of hydrogen-bond acceptors (Lipinski definition) is 2. The number of carbonyl (C=O) groups is 1. The average molecular weight is 279 g/mol. The highest BCUT2D eigenvalue weighted by Crippen LogP contribution is 2.17. The van der Waals surface area contributed by atoms with Crippen LogP contribution in [0.3, 0.4) is 0 Å². The number of halogens is 1. The zero-order valence-corrected chi connectivity index (χ0v) is 12.3. The van der Waals surface area contributed by atoms with E-state index in [2.05, 4.69) is 24.1 Å². The normalized spacial score (nSPS) is 16.6. The quantitative estimate of drug-likeness (QED) is 0.903. The van der Waals surface area contributed by atoms with Gasteiger partial charge in [-0.3, -0.25) is 4.90 Å². The molecule has 2 amide bonds. The van der Waals surface area contributed by atoms with E-state index in [1.54, 1.807) is 11.0 Å². The van der Waals surface area contributed by atoms with Crippen LogP contribution in [-0.4, -0.2) is 48.1 Å². The smallest absolute Gasteiger partial charge is 0.321 e. The summed E-state index contributed by atoms with van der Waals surface area (Å²) in [6.45, 7) is 9.35. The van der Waals surface area contributed by atoms with Crippen molar-refractivity contribution in [3.63, 3.8) is 0 Å². The minimum absolute atomic E-state index is 0.151. The van der Waals surface area contributed by atoms with Gasteiger partial charge in [0, 0.05) is 37.9 Å². The summed E-state index contributed by atoms with van der Waals surface area (Å²) >= 11 is 0. The number of urea groups is 1. The molecule has 2 rings (SSSR count). The Balaban J connectivity index is 1.94. The highest BCUT2D eigenvalue weighted by atomic mass is 19.1. The number of nitrogens with one attached hydrogen (secondary N) is 1. The van der Waals surface area contributed by atoms with Crippen molar-refractivity contribution < 1.29 is 9.18 Å². The molecule has 1 fully saturated rings. The minimum atomic E-state index is -0.337. The predicted molar refractivity (Wildman–Crippen MR) is 78.4 cm³/mol. The number of anilines is 1. The van der Waals surface area contributed by atoms with Crippen LogP contribution in [-0.2, 0) is 0 Å². The first-order chi connectivity index (χ1) is 9.47. The number of carbonyl (C=O) groups excluding carboxylic acids is 1. The molecule has 1 aliphatic rings. The number of rotatable bonds is 2. The zero-order valence-electron chi connectivity index (χ0n) is 12.3. The van der Waals surface area contributed by atoms with E-state index in [9.17, 15) is 9.18 Å². The molecule has 1 aliphatic heterocycles. The Morgan fingerprint density at radius 3 is 2.50 bits per heavy atom. The van der Waals surface area contributed by atoms with Gasteiger partial charge >= 0.3 is 6.03 Å². The molecule has 0 aliphatic carbocycles. The molecule has 4 nitrogen and oxygen atoms in total.